The maximum atomic E-state index is 10.7. The summed E-state index contributed by atoms with van der Waals surface area (Å²) in [4.78, 5) is 21.2. The number of aromatic carboxylic acids is 1. The Hall–Kier alpha value is -1.88. The Morgan fingerprint density at radius 2 is 1.87 bits per heavy atom. The number of hydrogen-bond donors (Lipinski definition) is 2. The Balaban J connectivity index is 2.57. The number of rotatable bonds is 4. The van der Waals surface area contributed by atoms with Gasteiger partial charge < -0.3 is 15.6 Å². The van der Waals surface area contributed by atoms with Gasteiger partial charge in [-0.05, 0) is 17.7 Å². The van der Waals surface area contributed by atoms with E-state index in [4.69, 9.17) is 15.6 Å². The molecule has 0 amide bonds. The third kappa shape index (κ3) is 3.40. The number of carbonyl (C=O) groups excluding carboxylic acids is 1. The number of ether oxygens (including phenoxy) is 1. The van der Waals surface area contributed by atoms with Gasteiger partial charge in [-0.3, -0.25) is 4.79 Å². The summed E-state index contributed by atoms with van der Waals surface area (Å²) in [5.41, 5.74) is 5.97. The molecule has 0 heterocycles. The average Bonchev–Trinajstić information content (AvgIpc) is 2.26. The topological polar surface area (TPSA) is 89.6 Å². The first kappa shape index (κ1) is 11.2. The van der Waals surface area contributed by atoms with Crippen LogP contribution in [0, 0.1) is 0 Å². The van der Waals surface area contributed by atoms with Crippen LogP contribution in [-0.4, -0.2) is 23.6 Å². The fourth-order valence-corrected chi connectivity index (χ4v) is 0.966. The second kappa shape index (κ2) is 5.11. The Bertz CT molecular complexity index is 358. The molecule has 0 atom stereocenters. The maximum absolute atomic E-state index is 10.7. The van der Waals surface area contributed by atoms with E-state index in [1.54, 1.807) is 12.1 Å². The highest BCUT2D eigenvalue weighted by Crippen LogP contribution is 2.05. The number of carboxylic acids is 1. The van der Waals surface area contributed by atoms with E-state index in [1.165, 1.54) is 12.1 Å². The second-order valence-electron chi connectivity index (χ2n) is 2.87. The smallest absolute Gasteiger partial charge is 0.335 e. The highest BCUT2D eigenvalue weighted by Gasteiger charge is 2.03. The molecule has 15 heavy (non-hydrogen) atoms. The molecule has 0 saturated heterocycles. The Morgan fingerprint density at radius 3 is 2.33 bits per heavy atom. The lowest BCUT2D eigenvalue weighted by atomic mass is 10.1. The van der Waals surface area contributed by atoms with E-state index in [0.717, 1.165) is 5.56 Å². The predicted molar refractivity (Wildman–Crippen MR) is 52.3 cm³/mol. The lowest BCUT2D eigenvalue weighted by molar-refractivity contribution is -0.143. The van der Waals surface area contributed by atoms with Crippen molar-refractivity contribution in [2.75, 3.05) is 6.54 Å². The number of carboxylic acid groups (broad SMARTS) is 1. The molecule has 0 spiro atoms. The normalized spacial score (nSPS) is 9.67. The van der Waals surface area contributed by atoms with Crippen molar-refractivity contribution >= 4 is 11.9 Å². The largest absolute Gasteiger partial charge is 0.478 e. The zero-order chi connectivity index (χ0) is 11.3. The van der Waals surface area contributed by atoms with Gasteiger partial charge in [0.25, 0.3) is 0 Å². The van der Waals surface area contributed by atoms with E-state index in [1.807, 2.05) is 0 Å². The fraction of sp³-hybridized carbons (Fsp3) is 0.200. The predicted octanol–water partition coefficient (Wildman–Crippen LogP) is 0.387. The molecule has 0 aromatic heterocycles. The highest BCUT2D eigenvalue weighted by atomic mass is 16.5. The van der Waals surface area contributed by atoms with Crippen molar-refractivity contribution in [2.24, 2.45) is 5.73 Å². The van der Waals surface area contributed by atoms with Crippen molar-refractivity contribution < 1.29 is 19.4 Å². The van der Waals surface area contributed by atoms with Crippen LogP contribution in [0.1, 0.15) is 15.9 Å². The molecule has 1 aromatic rings. The van der Waals surface area contributed by atoms with Crippen molar-refractivity contribution in [2.45, 2.75) is 6.61 Å². The molecule has 1 aromatic carbocycles. The van der Waals surface area contributed by atoms with Crippen molar-refractivity contribution in [1.29, 1.82) is 0 Å². The molecule has 0 aliphatic heterocycles. The lowest BCUT2D eigenvalue weighted by Crippen LogP contribution is -2.16. The summed E-state index contributed by atoms with van der Waals surface area (Å²) in [6.45, 7) is -0.0524. The van der Waals surface area contributed by atoms with E-state index in [0.29, 0.717) is 0 Å². The van der Waals surface area contributed by atoms with Gasteiger partial charge in [-0.2, -0.15) is 0 Å². The minimum absolute atomic E-state index is 0.107. The zero-order valence-corrected chi connectivity index (χ0v) is 7.97. The molecule has 0 bridgehead atoms. The van der Waals surface area contributed by atoms with Gasteiger partial charge >= 0.3 is 11.9 Å². The minimum atomic E-state index is -0.986. The first-order chi connectivity index (χ1) is 7.13. The van der Waals surface area contributed by atoms with Crippen LogP contribution in [0.15, 0.2) is 24.3 Å². The third-order valence-corrected chi connectivity index (χ3v) is 1.77. The number of nitrogens with two attached hydrogens (primary N) is 1. The summed E-state index contributed by atoms with van der Waals surface area (Å²) in [7, 11) is 0. The van der Waals surface area contributed by atoms with Gasteiger partial charge in [-0.25, -0.2) is 4.79 Å². The van der Waals surface area contributed by atoms with Gasteiger partial charge in [-0.1, -0.05) is 12.1 Å². The highest BCUT2D eigenvalue weighted by molar-refractivity contribution is 5.87. The van der Waals surface area contributed by atoms with Gasteiger partial charge in [0.05, 0.1) is 12.1 Å². The summed E-state index contributed by atoms with van der Waals surface area (Å²) in [6.07, 6.45) is 0. The number of benzene rings is 1. The molecular formula is C10H11NO4. The van der Waals surface area contributed by atoms with E-state index in [2.05, 4.69) is 0 Å². The standard InChI is InChI=1S/C10H11NO4/c11-5-9(12)15-6-7-1-3-8(4-2-7)10(13)14/h1-4H,5-6,11H2,(H,13,14). The summed E-state index contributed by atoms with van der Waals surface area (Å²) in [5, 5.41) is 8.63. The van der Waals surface area contributed by atoms with Crippen molar-refractivity contribution in [3.63, 3.8) is 0 Å². The monoisotopic (exact) mass is 209 g/mol. The van der Waals surface area contributed by atoms with Gasteiger partial charge in [-0.15, -0.1) is 0 Å². The Morgan fingerprint density at radius 1 is 1.27 bits per heavy atom. The molecule has 1 rings (SSSR count). The number of carbonyl (C=O) groups is 2. The second-order valence-corrected chi connectivity index (χ2v) is 2.87. The van der Waals surface area contributed by atoms with Crippen LogP contribution < -0.4 is 5.73 Å². The summed E-state index contributed by atoms with van der Waals surface area (Å²) < 4.78 is 4.77. The lowest BCUT2D eigenvalue weighted by Gasteiger charge is -2.03. The molecular weight excluding hydrogens is 198 g/mol. The zero-order valence-electron chi connectivity index (χ0n) is 7.97. The van der Waals surface area contributed by atoms with Crippen LogP contribution in [0.4, 0.5) is 0 Å². The molecule has 0 aliphatic carbocycles. The molecule has 0 unspecified atom stereocenters. The molecule has 5 heteroatoms. The van der Waals surface area contributed by atoms with Crippen molar-refractivity contribution in [3.8, 4) is 0 Å². The van der Waals surface area contributed by atoms with Gasteiger partial charge in [0.2, 0.25) is 0 Å². The van der Waals surface area contributed by atoms with Crippen LogP contribution in [0.2, 0.25) is 0 Å². The first-order valence-electron chi connectivity index (χ1n) is 4.31. The van der Waals surface area contributed by atoms with E-state index < -0.39 is 11.9 Å². The summed E-state index contributed by atoms with van der Waals surface area (Å²) in [6, 6.07) is 6.09. The summed E-state index contributed by atoms with van der Waals surface area (Å²) >= 11 is 0. The van der Waals surface area contributed by atoms with Crippen LogP contribution in [0.25, 0.3) is 0 Å². The van der Waals surface area contributed by atoms with Gasteiger partial charge in [0.15, 0.2) is 0 Å². The summed E-state index contributed by atoms with van der Waals surface area (Å²) in [5.74, 6) is -1.47. The fourth-order valence-electron chi connectivity index (χ4n) is 0.966. The van der Waals surface area contributed by atoms with Crippen LogP contribution in [0.5, 0.6) is 0 Å². The molecule has 0 radical (unpaired) electrons. The minimum Gasteiger partial charge on any atom is -0.478 e. The van der Waals surface area contributed by atoms with E-state index in [-0.39, 0.29) is 18.7 Å². The number of hydrogen-bond acceptors (Lipinski definition) is 4. The van der Waals surface area contributed by atoms with Crippen molar-refractivity contribution in [1.82, 2.24) is 0 Å². The molecule has 3 N–H and O–H groups in total. The number of esters is 1. The van der Waals surface area contributed by atoms with Crippen molar-refractivity contribution in [3.05, 3.63) is 35.4 Å². The molecule has 80 valence electrons. The Kier molecular flexibility index (Phi) is 3.82. The first-order valence-corrected chi connectivity index (χ1v) is 4.31. The van der Waals surface area contributed by atoms with Gasteiger partial charge in [0.1, 0.15) is 6.61 Å². The van der Waals surface area contributed by atoms with Crippen LogP contribution in [0.3, 0.4) is 0 Å². The van der Waals surface area contributed by atoms with E-state index >= 15 is 0 Å². The quantitative estimate of drug-likeness (QED) is 0.700. The Labute approximate surface area is 86.5 Å². The third-order valence-electron chi connectivity index (χ3n) is 1.77. The maximum Gasteiger partial charge on any atom is 0.335 e. The molecule has 0 saturated carbocycles. The van der Waals surface area contributed by atoms with E-state index in [9.17, 15) is 9.59 Å². The molecule has 0 aliphatic rings. The average molecular weight is 209 g/mol. The van der Waals surface area contributed by atoms with Gasteiger partial charge in [0, 0.05) is 0 Å². The van der Waals surface area contributed by atoms with Crippen LogP contribution in [-0.2, 0) is 16.1 Å². The van der Waals surface area contributed by atoms with Crippen LogP contribution >= 0.6 is 0 Å². The SMILES string of the molecule is NCC(=O)OCc1ccc(C(=O)O)cc1. The molecule has 5 nitrogen and oxygen atoms in total. The molecule has 0 fully saturated rings.